The third-order valence-corrected chi connectivity index (χ3v) is 4.81. The SMILES string of the molecule is CC(C)c1ccc2c(c1)CN(C(=O)CCC(=O)c1cccnc1)CC2. The number of carbonyl (C=O) groups is 2. The van der Waals surface area contributed by atoms with Crippen LogP contribution in [0, 0.1) is 0 Å². The summed E-state index contributed by atoms with van der Waals surface area (Å²) in [5.41, 5.74) is 4.45. The Bertz CT molecular complexity index is 769. The highest BCUT2D eigenvalue weighted by Crippen LogP contribution is 2.24. The van der Waals surface area contributed by atoms with Gasteiger partial charge in [0.2, 0.25) is 5.91 Å². The van der Waals surface area contributed by atoms with Crippen LogP contribution in [0.4, 0.5) is 0 Å². The van der Waals surface area contributed by atoms with Gasteiger partial charge in [0.25, 0.3) is 0 Å². The van der Waals surface area contributed by atoms with Crippen molar-refractivity contribution in [1.29, 1.82) is 0 Å². The molecule has 0 atom stereocenters. The molecule has 0 aliphatic carbocycles. The second-order valence-corrected chi connectivity index (χ2v) is 6.91. The number of benzene rings is 1. The molecule has 0 spiro atoms. The monoisotopic (exact) mass is 336 g/mol. The van der Waals surface area contributed by atoms with E-state index in [9.17, 15) is 9.59 Å². The Hall–Kier alpha value is -2.49. The van der Waals surface area contributed by atoms with Crippen molar-refractivity contribution in [3.8, 4) is 0 Å². The number of carbonyl (C=O) groups excluding carboxylic acids is 2. The van der Waals surface area contributed by atoms with E-state index in [1.54, 1.807) is 24.5 Å². The van der Waals surface area contributed by atoms with E-state index in [4.69, 9.17) is 0 Å². The van der Waals surface area contributed by atoms with Crippen molar-refractivity contribution in [3.05, 3.63) is 65.0 Å². The van der Waals surface area contributed by atoms with Gasteiger partial charge < -0.3 is 4.90 Å². The Labute approximate surface area is 148 Å². The summed E-state index contributed by atoms with van der Waals surface area (Å²) in [6.45, 7) is 5.73. The van der Waals surface area contributed by atoms with Crippen LogP contribution in [0.5, 0.6) is 0 Å². The van der Waals surface area contributed by atoms with Crippen LogP contribution in [0.3, 0.4) is 0 Å². The first-order chi connectivity index (χ1) is 12.0. The molecule has 0 N–H and O–H groups in total. The van der Waals surface area contributed by atoms with Gasteiger partial charge in [-0.1, -0.05) is 32.0 Å². The third-order valence-electron chi connectivity index (χ3n) is 4.81. The summed E-state index contributed by atoms with van der Waals surface area (Å²) in [5, 5.41) is 0. The number of amides is 1. The molecule has 1 amide bonds. The average Bonchev–Trinajstić information content (AvgIpc) is 2.65. The molecule has 1 aromatic heterocycles. The molecule has 0 saturated carbocycles. The zero-order chi connectivity index (χ0) is 17.8. The van der Waals surface area contributed by atoms with Gasteiger partial charge in [-0.3, -0.25) is 14.6 Å². The summed E-state index contributed by atoms with van der Waals surface area (Å²) in [6, 6.07) is 10.1. The van der Waals surface area contributed by atoms with Crippen molar-refractivity contribution in [2.45, 2.75) is 45.6 Å². The quantitative estimate of drug-likeness (QED) is 0.781. The van der Waals surface area contributed by atoms with Gasteiger partial charge in [-0.2, -0.15) is 0 Å². The van der Waals surface area contributed by atoms with Gasteiger partial charge in [0.05, 0.1) is 0 Å². The highest BCUT2D eigenvalue weighted by Gasteiger charge is 2.21. The minimum atomic E-state index is -0.0269. The second-order valence-electron chi connectivity index (χ2n) is 6.91. The van der Waals surface area contributed by atoms with Crippen molar-refractivity contribution >= 4 is 11.7 Å². The lowest BCUT2D eigenvalue weighted by Crippen LogP contribution is -2.36. The van der Waals surface area contributed by atoms with E-state index in [2.05, 4.69) is 37.0 Å². The summed E-state index contributed by atoms with van der Waals surface area (Å²) < 4.78 is 0. The standard InChI is InChI=1S/C21H24N2O2/c1-15(2)17-6-5-16-9-11-23(14-19(16)12-17)21(25)8-7-20(24)18-4-3-10-22-13-18/h3-6,10,12-13,15H,7-9,11,14H2,1-2H3. The van der Waals surface area contributed by atoms with Crippen LogP contribution in [0.2, 0.25) is 0 Å². The molecular formula is C21H24N2O2. The van der Waals surface area contributed by atoms with Crippen molar-refractivity contribution in [2.24, 2.45) is 0 Å². The van der Waals surface area contributed by atoms with E-state index >= 15 is 0 Å². The predicted octanol–water partition coefficient (Wildman–Crippen LogP) is 3.75. The Balaban J connectivity index is 1.60. The first-order valence-corrected chi connectivity index (χ1v) is 8.87. The van der Waals surface area contributed by atoms with E-state index in [0.29, 0.717) is 18.0 Å². The van der Waals surface area contributed by atoms with E-state index in [0.717, 1.165) is 13.0 Å². The minimum Gasteiger partial charge on any atom is -0.338 e. The molecule has 0 radical (unpaired) electrons. The number of hydrogen-bond acceptors (Lipinski definition) is 3. The summed E-state index contributed by atoms with van der Waals surface area (Å²) in [7, 11) is 0. The highest BCUT2D eigenvalue weighted by molar-refractivity contribution is 5.97. The lowest BCUT2D eigenvalue weighted by molar-refractivity contribution is -0.132. The first-order valence-electron chi connectivity index (χ1n) is 8.87. The zero-order valence-electron chi connectivity index (χ0n) is 14.9. The number of hydrogen-bond donors (Lipinski definition) is 0. The number of fused-ring (bicyclic) bond motifs is 1. The van der Waals surface area contributed by atoms with Gasteiger partial charge >= 0.3 is 0 Å². The molecular weight excluding hydrogens is 312 g/mol. The molecule has 0 fully saturated rings. The van der Waals surface area contributed by atoms with Crippen molar-refractivity contribution in [3.63, 3.8) is 0 Å². The molecule has 0 bridgehead atoms. The van der Waals surface area contributed by atoms with Crippen LogP contribution < -0.4 is 0 Å². The van der Waals surface area contributed by atoms with Crippen LogP contribution in [-0.4, -0.2) is 28.1 Å². The molecule has 4 heteroatoms. The molecule has 0 unspecified atom stereocenters. The Kier molecular flexibility index (Phi) is 5.27. The van der Waals surface area contributed by atoms with Gasteiger partial charge in [0, 0.05) is 43.9 Å². The Morgan fingerprint density at radius 3 is 2.72 bits per heavy atom. The fraction of sp³-hybridized carbons (Fsp3) is 0.381. The maximum absolute atomic E-state index is 12.5. The molecule has 130 valence electrons. The number of nitrogens with zero attached hydrogens (tertiary/aromatic N) is 2. The summed E-state index contributed by atoms with van der Waals surface area (Å²) in [4.78, 5) is 30.5. The third kappa shape index (κ3) is 4.13. The van der Waals surface area contributed by atoms with Gasteiger partial charge in [-0.05, 0) is 41.2 Å². The molecule has 1 aliphatic heterocycles. The van der Waals surface area contributed by atoms with Gasteiger partial charge in [-0.25, -0.2) is 0 Å². The summed E-state index contributed by atoms with van der Waals surface area (Å²) in [6.07, 6.45) is 4.57. The number of ketones is 1. The summed E-state index contributed by atoms with van der Waals surface area (Å²) >= 11 is 0. The predicted molar refractivity (Wildman–Crippen MR) is 97.5 cm³/mol. The van der Waals surface area contributed by atoms with Crippen LogP contribution in [0.25, 0.3) is 0 Å². The van der Waals surface area contributed by atoms with Gasteiger partial charge in [0.1, 0.15) is 0 Å². The average molecular weight is 336 g/mol. The molecule has 1 aromatic carbocycles. The van der Waals surface area contributed by atoms with E-state index in [1.807, 2.05) is 4.90 Å². The van der Waals surface area contributed by atoms with Crippen molar-refractivity contribution < 1.29 is 9.59 Å². The largest absolute Gasteiger partial charge is 0.338 e. The minimum absolute atomic E-state index is 0.0269. The van der Waals surface area contributed by atoms with Gasteiger partial charge in [-0.15, -0.1) is 0 Å². The maximum atomic E-state index is 12.5. The summed E-state index contributed by atoms with van der Waals surface area (Å²) in [5.74, 6) is 0.507. The van der Waals surface area contributed by atoms with Crippen LogP contribution >= 0.6 is 0 Å². The lowest BCUT2D eigenvalue weighted by atomic mass is 9.93. The fourth-order valence-electron chi connectivity index (χ4n) is 3.20. The normalized spacial score (nSPS) is 13.6. The van der Waals surface area contributed by atoms with Gasteiger partial charge in [0.15, 0.2) is 5.78 Å². The Morgan fingerprint density at radius 1 is 1.16 bits per heavy atom. The molecule has 4 nitrogen and oxygen atoms in total. The lowest BCUT2D eigenvalue weighted by Gasteiger charge is -2.29. The van der Waals surface area contributed by atoms with Crippen LogP contribution in [-0.2, 0) is 17.8 Å². The number of aromatic nitrogens is 1. The zero-order valence-corrected chi connectivity index (χ0v) is 14.9. The first kappa shape index (κ1) is 17.3. The molecule has 25 heavy (non-hydrogen) atoms. The molecule has 0 saturated heterocycles. The van der Waals surface area contributed by atoms with Crippen molar-refractivity contribution in [1.82, 2.24) is 9.88 Å². The topological polar surface area (TPSA) is 50.3 Å². The number of pyridine rings is 1. The van der Waals surface area contributed by atoms with E-state index in [-0.39, 0.29) is 24.5 Å². The van der Waals surface area contributed by atoms with E-state index < -0.39 is 0 Å². The molecule has 2 heterocycles. The van der Waals surface area contributed by atoms with Crippen LogP contribution in [0.15, 0.2) is 42.7 Å². The second kappa shape index (κ2) is 7.60. The van der Waals surface area contributed by atoms with Crippen LogP contribution in [0.1, 0.15) is 59.7 Å². The number of rotatable bonds is 5. The Morgan fingerprint density at radius 2 is 2.00 bits per heavy atom. The molecule has 3 rings (SSSR count). The fourth-order valence-corrected chi connectivity index (χ4v) is 3.20. The van der Waals surface area contributed by atoms with E-state index in [1.165, 1.54) is 16.7 Å². The van der Waals surface area contributed by atoms with Crippen molar-refractivity contribution in [2.75, 3.05) is 6.54 Å². The molecule has 2 aromatic rings. The smallest absolute Gasteiger partial charge is 0.223 e. The maximum Gasteiger partial charge on any atom is 0.223 e. The molecule has 1 aliphatic rings. The number of Topliss-reactive ketones (excluding diaryl/α,β-unsaturated/α-hetero) is 1. The highest BCUT2D eigenvalue weighted by atomic mass is 16.2.